The highest BCUT2D eigenvalue weighted by Gasteiger charge is 2.26. The number of likely N-dealkylation sites (N-methyl/N-ethyl adjacent to an activating group) is 1. The fraction of sp³-hybridized carbons (Fsp3) is 0.440. The second-order valence-corrected chi connectivity index (χ2v) is 9.74. The minimum Gasteiger partial charge on any atom is -0.504 e. The fourth-order valence-electron chi connectivity index (χ4n) is 4.96. The molecular weight excluding hydrogens is 430 g/mol. The molecule has 5 rings (SSSR count). The lowest BCUT2D eigenvalue weighted by Crippen LogP contribution is -2.42. The lowest BCUT2D eigenvalue weighted by molar-refractivity contribution is -0.132. The third-order valence-electron chi connectivity index (χ3n) is 6.64. The van der Waals surface area contributed by atoms with Crippen molar-refractivity contribution in [2.75, 3.05) is 33.7 Å². The lowest BCUT2D eigenvalue weighted by atomic mass is 9.92. The van der Waals surface area contributed by atoms with Crippen LogP contribution in [0.1, 0.15) is 49.8 Å². The van der Waals surface area contributed by atoms with E-state index in [1.807, 2.05) is 30.1 Å². The number of nitrogens with zero attached hydrogens (tertiary/aromatic N) is 6. The molecule has 1 saturated heterocycles. The Kier molecular flexibility index (Phi) is 5.73. The molecule has 0 aromatic carbocycles. The second kappa shape index (κ2) is 8.72. The topological polar surface area (TPSA) is 103 Å². The Morgan fingerprint density at radius 2 is 2.03 bits per heavy atom. The highest BCUT2D eigenvalue weighted by atomic mass is 16.3. The number of amides is 1. The van der Waals surface area contributed by atoms with E-state index in [1.165, 1.54) is 6.33 Å². The molecule has 9 heteroatoms. The fourth-order valence-corrected chi connectivity index (χ4v) is 4.96. The summed E-state index contributed by atoms with van der Waals surface area (Å²) in [4.78, 5) is 29.0. The number of H-pyrrole nitrogens is 1. The zero-order valence-corrected chi connectivity index (χ0v) is 20.1. The Hall–Kier alpha value is -3.46. The van der Waals surface area contributed by atoms with E-state index >= 15 is 0 Å². The third kappa shape index (κ3) is 4.00. The van der Waals surface area contributed by atoms with Crippen molar-refractivity contribution in [3.8, 4) is 17.0 Å². The first-order valence-corrected chi connectivity index (χ1v) is 11.8. The molecule has 0 aliphatic carbocycles. The number of fused-ring (bicyclic) bond motifs is 2. The average Bonchev–Trinajstić information content (AvgIpc) is 3.43. The number of hydrogen-bond donors (Lipinski definition) is 2. The molecule has 0 atom stereocenters. The number of hydrogen-bond acceptors (Lipinski definition) is 6. The Morgan fingerprint density at radius 1 is 1.26 bits per heavy atom. The van der Waals surface area contributed by atoms with Crippen molar-refractivity contribution in [1.29, 1.82) is 0 Å². The number of piperidine rings is 1. The first kappa shape index (κ1) is 22.3. The molecule has 34 heavy (non-hydrogen) atoms. The maximum absolute atomic E-state index is 12.4. The molecule has 1 fully saturated rings. The molecule has 178 valence electrons. The number of nitrogens with one attached hydrogen (secondary N) is 1. The number of carbonyl (C=O) groups excluding carboxylic acids is 1. The summed E-state index contributed by atoms with van der Waals surface area (Å²) in [6.07, 6.45) is 5.15. The lowest BCUT2D eigenvalue weighted by Gasteiger charge is -2.32. The molecule has 9 nitrogen and oxygen atoms in total. The van der Waals surface area contributed by atoms with Gasteiger partial charge in [0, 0.05) is 42.0 Å². The van der Waals surface area contributed by atoms with E-state index in [2.05, 4.69) is 41.0 Å². The van der Waals surface area contributed by atoms with Gasteiger partial charge in [-0.2, -0.15) is 5.10 Å². The Balaban J connectivity index is 1.47. The predicted molar refractivity (Wildman–Crippen MR) is 131 cm³/mol. The Morgan fingerprint density at radius 3 is 2.74 bits per heavy atom. The van der Waals surface area contributed by atoms with E-state index in [0.717, 1.165) is 59.5 Å². The summed E-state index contributed by atoms with van der Waals surface area (Å²) in [6.45, 7) is 6.30. The number of carbonyl (C=O) groups is 1. The van der Waals surface area contributed by atoms with Crippen molar-refractivity contribution >= 4 is 22.6 Å². The second-order valence-electron chi connectivity index (χ2n) is 9.74. The average molecular weight is 462 g/mol. The predicted octanol–water partition coefficient (Wildman–Crippen LogP) is 3.37. The van der Waals surface area contributed by atoms with Crippen LogP contribution in [0.2, 0.25) is 0 Å². The molecule has 1 amide bonds. The van der Waals surface area contributed by atoms with E-state index in [1.54, 1.807) is 10.6 Å². The van der Waals surface area contributed by atoms with E-state index in [0.29, 0.717) is 18.1 Å². The SMILES string of the molecule is CC(C)c1c(-c2cc(O)c3ncnn3c2)[nH]c2ccc(C3CCN(C(=O)CN(C)C)CC3)nc12. The quantitative estimate of drug-likeness (QED) is 0.472. The zero-order chi connectivity index (χ0) is 24.0. The smallest absolute Gasteiger partial charge is 0.236 e. The Bertz CT molecular complexity index is 1350. The van der Waals surface area contributed by atoms with Crippen molar-refractivity contribution < 1.29 is 9.90 Å². The standard InChI is InChI=1S/C25H31N7O2/c1-15(2)22-23(17-11-20(33)25-26-14-27-32(25)12-17)29-19-6-5-18(28-24(19)22)16-7-9-31(10-8-16)21(34)13-30(3)4/h5-6,11-12,14-16,29,33H,7-10,13H2,1-4H3. The molecule has 0 radical (unpaired) electrons. The van der Waals surface area contributed by atoms with Gasteiger partial charge in [-0.15, -0.1) is 0 Å². The van der Waals surface area contributed by atoms with Crippen LogP contribution in [-0.2, 0) is 4.79 Å². The maximum Gasteiger partial charge on any atom is 0.236 e. The van der Waals surface area contributed by atoms with Crippen molar-refractivity contribution in [3.05, 3.63) is 42.0 Å². The molecule has 2 N–H and O–H groups in total. The minimum absolute atomic E-state index is 0.0904. The van der Waals surface area contributed by atoms with Crippen LogP contribution in [0.4, 0.5) is 0 Å². The van der Waals surface area contributed by atoms with Crippen molar-refractivity contribution in [1.82, 2.24) is 34.4 Å². The molecule has 0 spiro atoms. The number of pyridine rings is 2. The number of aromatic hydroxyl groups is 1. The van der Waals surface area contributed by atoms with Crippen molar-refractivity contribution in [3.63, 3.8) is 0 Å². The van der Waals surface area contributed by atoms with Gasteiger partial charge in [-0.1, -0.05) is 13.8 Å². The molecule has 0 unspecified atom stereocenters. The van der Waals surface area contributed by atoms with E-state index < -0.39 is 0 Å². The van der Waals surface area contributed by atoms with E-state index in [-0.39, 0.29) is 17.6 Å². The highest BCUT2D eigenvalue weighted by molar-refractivity contribution is 5.89. The summed E-state index contributed by atoms with van der Waals surface area (Å²) < 4.78 is 1.59. The summed E-state index contributed by atoms with van der Waals surface area (Å²) in [5.41, 5.74) is 6.34. The molecule has 4 aromatic heterocycles. The van der Waals surface area contributed by atoms with Crippen LogP contribution in [-0.4, -0.2) is 79.1 Å². The largest absolute Gasteiger partial charge is 0.504 e. The van der Waals surface area contributed by atoms with Gasteiger partial charge >= 0.3 is 0 Å². The van der Waals surface area contributed by atoms with Gasteiger partial charge in [0.1, 0.15) is 6.33 Å². The molecule has 5 heterocycles. The summed E-state index contributed by atoms with van der Waals surface area (Å²) in [7, 11) is 3.85. The number of likely N-dealkylation sites (tertiary alicyclic amines) is 1. The van der Waals surface area contributed by atoms with Crippen molar-refractivity contribution in [2.24, 2.45) is 0 Å². The molecule has 4 aromatic rings. The first-order chi connectivity index (χ1) is 16.3. The van der Waals surface area contributed by atoms with Crippen molar-refractivity contribution in [2.45, 2.75) is 38.5 Å². The number of rotatable bonds is 5. The van der Waals surface area contributed by atoms with E-state index in [9.17, 15) is 9.90 Å². The highest BCUT2D eigenvalue weighted by Crippen LogP contribution is 2.37. The molecular formula is C25H31N7O2. The summed E-state index contributed by atoms with van der Waals surface area (Å²) in [5, 5.41) is 14.6. The molecule has 0 bridgehead atoms. The van der Waals surface area contributed by atoms with E-state index in [4.69, 9.17) is 4.98 Å². The number of aromatic amines is 1. The van der Waals surface area contributed by atoms with Crippen LogP contribution < -0.4 is 0 Å². The van der Waals surface area contributed by atoms with Gasteiger partial charge in [0.2, 0.25) is 5.91 Å². The van der Waals surface area contributed by atoms with Crippen LogP contribution in [0.25, 0.3) is 27.9 Å². The maximum atomic E-state index is 12.4. The molecule has 1 aliphatic rings. The van der Waals surface area contributed by atoms with Crippen LogP contribution in [0.15, 0.2) is 30.7 Å². The zero-order valence-electron chi connectivity index (χ0n) is 20.1. The summed E-state index contributed by atoms with van der Waals surface area (Å²) in [5.74, 6) is 0.844. The van der Waals surface area contributed by atoms with Gasteiger partial charge in [0.15, 0.2) is 11.4 Å². The monoisotopic (exact) mass is 461 g/mol. The van der Waals surface area contributed by atoms with Crippen LogP contribution >= 0.6 is 0 Å². The van der Waals surface area contributed by atoms with Gasteiger partial charge in [0.05, 0.1) is 23.3 Å². The van der Waals surface area contributed by atoms with Crippen LogP contribution in [0.5, 0.6) is 5.75 Å². The first-order valence-electron chi connectivity index (χ1n) is 11.8. The third-order valence-corrected chi connectivity index (χ3v) is 6.64. The Labute approximate surface area is 198 Å². The van der Waals surface area contributed by atoms with Gasteiger partial charge in [-0.05, 0) is 51.1 Å². The normalized spacial score (nSPS) is 15.3. The molecule has 0 saturated carbocycles. The van der Waals surface area contributed by atoms with Gasteiger partial charge in [0.25, 0.3) is 0 Å². The summed E-state index contributed by atoms with van der Waals surface area (Å²) >= 11 is 0. The number of aromatic nitrogens is 5. The van der Waals surface area contributed by atoms with Gasteiger partial charge in [-0.25, -0.2) is 9.50 Å². The molecule has 1 aliphatic heterocycles. The van der Waals surface area contributed by atoms with Crippen LogP contribution in [0.3, 0.4) is 0 Å². The minimum atomic E-state index is 0.0904. The van der Waals surface area contributed by atoms with Gasteiger partial charge in [-0.3, -0.25) is 9.78 Å². The van der Waals surface area contributed by atoms with Crippen LogP contribution in [0, 0.1) is 0 Å². The summed E-state index contributed by atoms with van der Waals surface area (Å²) in [6, 6.07) is 5.93. The van der Waals surface area contributed by atoms with Gasteiger partial charge < -0.3 is 19.9 Å².